The van der Waals surface area contributed by atoms with Crippen LogP contribution in [0.2, 0.25) is 0 Å². The Kier molecular flexibility index (Phi) is 5.44. The van der Waals surface area contributed by atoms with E-state index in [1.54, 1.807) is 0 Å². The van der Waals surface area contributed by atoms with E-state index in [0.717, 1.165) is 37.9 Å². The Morgan fingerprint density at radius 3 is 2.70 bits per heavy atom. The molecule has 0 radical (unpaired) electrons. The first-order valence-electron chi connectivity index (χ1n) is 10.0. The number of fused-ring (bicyclic) bond motifs is 1. The van der Waals surface area contributed by atoms with Gasteiger partial charge in [-0.05, 0) is 60.9 Å². The lowest BCUT2D eigenvalue weighted by Crippen LogP contribution is -2.34. The van der Waals surface area contributed by atoms with Crippen molar-refractivity contribution in [2.45, 2.75) is 44.1 Å². The second-order valence-corrected chi connectivity index (χ2v) is 7.77. The molecular formula is C23H28N2O2. The van der Waals surface area contributed by atoms with E-state index >= 15 is 0 Å². The number of amides is 1. The highest BCUT2D eigenvalue weighted by Crippen LogP contribution is 2.35. The molecule has 0 aromatic heterocycles. The lowest BCUT2D eigenvalue weighted by molar-refractivity contribution is -0.122. The molecule has 0 spiro atoms. The summed E-state index contributed by atoms with van der Waals surface area (Å²) in [6.45, 7) is 1.05. The summed E-state index contributed by atoms with van der Waals surface area (Å²) in [4.78, 5) is 11.7. The number of benzene rings is 2. The van der Waals surface area contributed by atoms with Crippen LogP contribution < -0.4 is 15.8 Å². The molecular weight excluding hydrogens is 336 g/mol. The molecule has 2 aromatic carbocycles. The molecule has 2 aliphatic carbocycles. The van der Waals surface area contributed by atoms with E-state index in [9.17, 15) is 4.79 Å². The summed E-state index contributed by atoms with van der Waals surface area (Å²) < 4.78 is 5.90. The molecule has 3 N–H and O–H groups in total. The van der Waals surface area contributed by atoms with Crippen LogP contribution in [0.5, 0.6) is 5.75 Å². The Morgan fingerprint density at radius 1 is 1.11 bits per heavy atom. The fraction of sp³-hybridized carbons (Fsp3) is 0.435. The van der Waals surface area contributed by atoms with Gasteiger partial charge in [-0.25, -0.2) is 0 Å². The monoisotopic (exact) mass is 364 g/mol. The number of ether oxygens (including phenoxy) is 1. The van der Waals surface area contributed by atoms with E-state index in [1.165, 1.54) is 16.7 Å². The van der Waals surface area contributed by atoms with Crippen molar-refractivity contribution in [3.05, 3.63) is 65.2 Å². The van der Waals surface area contributed by atoms with E-state index in [0.29, 0.717) is 19.1 Å². The fourth-order valence-electron chi connectivity index (χ4n) is 3.95. The van der Waals surface area contributed by atoms with Crippen molar-refractivity contribution in [2.24, 2.45) is 11.7 Å². The van der Waals surface area contributed by atoms with Crippen molar-refractivity contribution in [3.63, 3.8) is 0 Å². The van der Waals surface area contributed by atoms with Gasteiger partial charge in [-0.15, -0.1) is 0 Å². The molecule has 142 valence electrons. The maximum absolute atomic E-state index is 11.7. The molecule has 2 aliphatic rings. The number of carbonyl (C=O) groups is 1. The van der Waals surface area contributed by atoms with Crippen LogP contribution in [0.15, 0.2) is 48.5 Å². The standard InChI is InChI=1S/C23H28N2O2/c24-22-11-9-17-8-10-19(27-13-12-25-23(26)18-6-7-18)15-20(17)21(22)14-16-4-2-1-3-5-16/h1-5,8,10,15,18,21-22H,6-7,9,11-14,24H2,(H,25,26). The minimum Gasteiger partial charge on any atom is -0.492 e. The van der Waals surface area contributed by atoms with E-state index in [2.05, 4.69) is 41.7 Å². The summed E-state index contributed by atoms with van der Waals surface area (Å²) in [6, 6.07) is 17.1. The summed E-state index contributed by atoms with van der Waals surface area (Å²) >= 11 is 0. The first-order valence-corrected chi connectivity index (χ1v) is 10.0. The van der Waals surface area contributed by atoms with Crippen molar-refractivity contribution >= 4 is 5.91 Å². The minimum atomic E-state index is 0.165. The number of nitrogens with one attached hydrogen (secondary N) is 1. The minimum absolute atomic E-state index is 0.165. The molecule has 0 bridgehead atoms. The summed E-state index contributed by atoms with van der Waals surface area (Å²) in [7, 11) is 0. The molecule has 4 rings (SSSR count). The normalized spacial score (nSPS) is 21.4. The van der Waals surface area contributed by atoms with E-state index in [1.807, 2.05) is 12.1 Å². The predicted octanol–water partition coefficient (Wildman–Crippen LogP) is 3.19. The van der Waals surface area contributed by atoms with Gasteiger partial charge in [0.25, 0.3) is 0 Å². The molecule has 2 aromatic rings. The van der Waals surface area contributed by atoms with Crippen LogP contribution in [0.1, 0.15) is 41.9 Å². The zero-order valence-electron chi connectivity index (χ0n) is 15.7. The van der Waals surface area contributed by atoms with Crippen molar-refractivity contribution in [3.8, 4) is 5.75 Å². The third-order valence-electron chi connectivity index (χ3n) is 5.70. The Bertz CT molecular complexity index is 786. The molecule has 4 heteroatoms. The van der Waals surface area contributed by atoms with Gasteiger partial charge in [-0.1, -0.05) is 36.4 Å². The van der Waals surface area contributed by atoms with E-state index in [4.69, 9.17) is 10.5 Å². The van der Waals surface area contributed by atoms with Gasteiger partial charge in [0.15, 0.2) is 0 Å². The van der Waals surface area contributed by atoms with E-state index in [-0.39, 0.29) is 17.9 Å². The molecule has 0 heterocycles. The quantitative estimate of drug-likeness (QED) is 0.742. The van der Waals surface area contributed by atoms with Gasteiger partial charge >= 0.3 is 0 Å². The average molecular weight is 364 g/mol. The van der Waals surface area contributed by atoms with Gasteiger partial charge in [-0.2, -0.15) is 0 Å². The number of carbonyl (C=O) groups excluding carboxylic acids is 1. The van der Waals surface area contributed by atoms with Crippen LogP contribution in [-0.2, 0) is 17.6 Å². The molecule has 4 nitrogen and oxygen atoms in total. The van der Waals surface area contributed by atoms with Crippen LogP contribution in [0, 0.1) is 5.92 Å². The van der Waals surface area contributed by atoms with Crippen LogP contribution in [0.4, 0.5) is 0 Å². The summed E-state index contributed by atoms with van der Waals surface area (Å²) in [6.07, 6.45) is 5.06. The summed E-state index contributed by atoms with van der Waals surface area (Å²) in [5.74, 6) is 1.59. The summed E-state index contributed by atoms with van der Waals surface area (Å²) in [5, 5.41) is 2.94. The molecule has 2 unspecified atom stereocenters. The Labute approximate surface area is 161 Å². The Balaban J connectivity index is 1.41. The van der Waals surface area contributed by atoms with Crippen molar-refractivity contribution in [1.29, 1.82) is 0 Å². The molecule has 1 fully saturated rings. The fourth-order valence-corrected chi connectivity index (χ4v) is 3.95. The van der Waals surface area contributed by atoms with Gasteiger partial charge in [0.1, 0.15) is 12.4 Å². The second kappa shape index (κ2) is 8.13. The average Bonchev–Trinajstić information content (AvgIpc) is 3.53. The van der Waals surface area contributed by atoms with Crippen LogP contribution in [0.25, 0.3) is 0 Å². The predicted molar refractivity (Wildman–Crippen MR) is 107 cm³/mol. The molecule has 27 heavy (non-hydrogen) atoms. The van der Waals surface area contributed by atoms with Crippen molar-refractivity contribution < 1.29 is 9.53 Å². The zero-order valence-corrected chi connectivity index (χ0v) is 15.7. The Morgan fingerprint density at radius 2 is 1.93 bits per heavy atom. The van der Waals surface area contributed by atoms with Gasteiger partial charge in [0, 0.05) is 17.9 Å². The highest BCUT2D eigenvalue weighted by molar-refractivity contribution is 5.80. The number of rotatable bonds is 7. The molecule has 1 amide bonds. The number of hydrogen-bond acceptors (Lipinski definition) is 3. The highest BCUT2D eigenvalue weighted by Gasteiger charge is 2.29. The van der Waals surface area contributed by atoms with Crippen molar-refractivity contribution in [1.82, 2.24) is 5.32 Å². The second-order valence-electron chi connectivity index (χ2n) is 7.77. The topological polar surface area (TPSA) is 64.3 Å². The van der Waals surface area contributed by atoms with Crippen LogP contribution in [0.3, 0.4) is 0 Å². The maximum atomic E-state index is 11.7. The number of hydrogen-bond donors (Lipinski definition) is 2. The number of nitrogens with two attached hydrogens (primary N) is 1. The van der Waals surface area contributed by atoms with Gasteiger partial charge < -0.3 is 15.8 Å². The molecule has 1 saturated carbocycles. The maximum Gasteiger partial charge on any atom is 0.223 e. The molecule has 2 atom stereocenters. The molecule has 0 saturated heterocycles. The zero-order chi connectivity index (χ0) is 18.6. The lowest BCUT2D eigenvalue weighted by atomic mass is 9.76. The van der Waals surface area contributed by atoms with Gasteiger partial charge in [0.05, 0.1) is 6.54 Å². The number of aryl methyl sites for hydroxylation is 1. The summed E-state index contributed by atoms with van der Waals surface area (Å²) in [5.41, 5.74) is 10.5. The SMILES string of the molecule is NC1CCc2ccc(OCCNC(=O)C3CC3)cc2C1Cc1ccccc1. The van der Waals surface area contributed by atoms with Crippen molar-refractivity contribution in [2.75, 3.05) is 13.2 Å². The van der Waals surface area contributed by atoms with Gasteiger partial charge in [-0.3, -0.25) is 4.79 Å². The first-order chi connectivity index (χ1) is 13.2. The van der Waals surface area contributed by atoms with Gasteiger partial charge in [0.2, 0.25) is 5.91 Å². The molecule has 0 aliphatic heterocycles. The third-order valence-corrected chi connectivity index (χ3v) is 5.70. The highest BCUT2D eigenvalue weighted by atomic mass is 16.5. The van der Waals surface area contributed by atoms with Crippen LogP contribution >= 0.6 is 0 Å². The van der Waals surface area contributed by atoms with E-state index < -0.39 is 0 Å². The first kappa shape index (κ1) is 18.1. The third kappa shape index (κ3) is 4.51. The van der Waals surface area contributed by atoms with Crippen LogP contribution in [-0.4, -0.2) is 25.1 Å². The lowest BCUT2D eigenvalue weighted by Gasteiger charge is -2.32. The largest absolute Gasteiger partial charge is 0.492 e. The smallest absolute Gasteiger partial charge is 0.223 e. The Hall–Kier alpha value is -2.33.